The minimum atomic E-state index is 0.199. The molecule has 7 aromatic rings. The van der Waals surface area contributed by atoms with Gasteiger partial charge in [-0.25, -0.2) is 4.99 Å². The number of allylic oxidation sites excluding steroid dienone is 1. The first-order valence-electron chi connectivity index (χ1n) is 15.1. The predicted molar refractivity (Wildman–Crippen MR) is 184 cm³/mol. The molecule has 2 N–H and O–H groups in total. The summed E-state index contributed by atoms with van der Waals surface area (Å²) in [6.45, 7) is 2.28. The molecule has 44 heavy (non-hydrogen) atoms. The maximum absolute atomic E-state index is 8.90. The van der Waals surface area contributed by atoms with Crippen molar-refractivity contribution in [2.24, 2.45) is 10.9 Å². The van der Waals surface area contributed by atoms with Crippen molar-refractivity contribution in [1.29, 1.82) is 5.41 Å². The minimum Gasteiger partial charge on any atom is -0.311 e. The minimum absolute atomic E-state index is 0.199. The van der Waals surface area contributed by atoms with Crippen molar-refractivity contribution in [3.8, 4) is 5.69 Å². The molecule has 1 aliphatic rings. The molecule has 0 amide bonds. The van der Waals surface area contributed by atoms with E-state index in [0.717, 1.165) is 50.6 Å². The molecule has 212 valence electrons. The summed E-state index contributed by atoms with van der Waals surface area (Å²) in [4.78, 5) is 4.89. The first-order valence-corrected chi connectivity index (χ1v) is 15.1. The van der Waals surface area contributed by atoms with Gasteiger partial charge in [0.25, 0.3) is 0 Å². The van der Waals surface area contributed by atoms with Gasteiger partial charge in [-0.1, -0.05) is 128 Å². The molecule has 5 aromatic carbocycles. The first kappa shape index (κ1) is 26.0. The maximum Gasteiger partial charge on any atom is 0.154 e. The van der Waals surface area contributed by atoms with Crippen LogP contribution in [0.1, 0.15) is 29.3 Å². The van der Waals surface area contributed by atoms with E-state index < -0.39 is 0 Å². The molecule has 1 aliphatic carbocycles. The number of fused-ring (bicyclic) bond motifs is 7. The summed E-state index contributed by atoms with van der Waals surface area (Å²) in [5, 5.41) is 12.4. The van der Waals surface area contributed by atoms with E-state index in [0.29, 0.717) is 11.8 Å². The van der Waals surface area contributed by atoms with Gasteiger partial charge in [0.1, 0.15) is 0 Å². The Morgan fingerprint density at radius 2 is 1.34 bits per heavy atom. The third-order valence-corrected chi connectivity index (χ3v) is 8.56. The normalized spacial score (nSPS) is 14.8. The smallest absolute Gasteiger partial charge is 0.154 e. The number of benzene rings is 5. The van der Waals surface area contributed by atoms with Crippen LogP contribution >= 0.6 is 0 Å². The van der Waals surface area contributed by atoms with E-state index in [9.17, 15) is 0 Å². The van der Waals surface area contributed by atoms with Gasteiger partial charge in [-0.05, 0) is 30.5 Å². The van der Waals surface area contributed by atoms with E-state index in [1.807, 2.05) is 60.7 Å². The lowest BCUT2D eigenvalue weighted by Gasteiger charge is -2.18. The zero-order valence-corrected chi connectivity index (χ0v) is 24.4. The molecule has 0 bridgehead atoms. The second-order valence-electron chi connectivity index (χ2n) is 11.4. The molecule has 1 unspecified atom stereocenters. The van der Waals surface area contributed by atoms with E-state index in [-0.39, 0.29) is 5.84 Å². The van der Waals surface area contributed by atoms with Gasteiger partial charge in [-0.2, -0.15) is 0 Å². The molecule has 0 aliphatic heterocycles. The zero-order chi connectivity index (χ0) is 29.6. The summed E-state index contributed by atoms with van der Waals surface area (Å²) in [5.74, 6) is 1.26. The molecule has 5 nitrogen and oxygen atoms in total. The summed E-state index contributed by atoms with van der Waals surface area (Å²) in [5.41, 5.74) is 12.4. The highest BCUT2D eigenvalue weighted by molar-refractivity contribution is 6.21. The number of nitrogens with zero attached hydrogens (tertiary/aromatic N) is 3. The van der Waals surface area contributed by atoms with E-state index in [1.54, 1.807) is 0 Å². The molecule has 0 radical (unpaired) electrons. The number of rotatable bonds is 4. The molecular formula is C39H31N5. The fourth-order valence-corrected chi connectivity index (χ4v) is 6.52. The number of hydrogen-bond acceptors (Lipinski definition) is 1. The number of aromatic nitrogens is 2. The van der Waals surface area contributed by atoms with Gasteiger partial charge < -0.3 is 4.57 Å². The van der Waals surface area contributed by atoms with E-state index in [2.05, 4.69) is 100 Å². The summed E-state index contributed by atoms with van der Waals surface area (Å²) in [6.07, 6.45) is 5.59. The van der Waals surface area contributed by atoms with Gasteiger partial charge in [0.2, 0.25) is 0 Å². The van der Waals surface area contributed by atoms with Crippen LogP contribution in [0.15, 0.2) is 138 Å². The Morgan fingerprint density at radius 3 is 2.09 bits per heavy atom. The lowest BCUT2D eigenvalue weighted by molar-refractivity contribution is 0.691. The van der Waals surface area contributed by atoms with Gasteiger partial charge in [-0.3, -0.25) is 15.5 Å². The third kappa shape index (κ3) is 4.24. The highest BCUT2D eigenvalue weighted by Crippen LogP contribution is 2.41. The Kier molecular flexibility index (Phi) is 6.23. The van der Waals surface area contributed by atoms with Gasteiger partial charge in [0.05, 0.1) is 16.6 Å². The molecule has 0 saturated heterocycles. The third-order valence-electron chi connectivity index (χ3n) is 8.56. The van der Waals surface area contributed by atoms with Gasteiger partial charge >= 0.3 is 0 Å². The topological polar surface area (TPSA) is 58.1 Å². The number of nitrogens with one attached hydrogen (secondary N) is 2. The van der Waals surface area contributed by atoms with Gasteiger partial charge in [0, 0.05) is 44.2 Å². The molecule has 0 saturated carbocycles. The molecular weight excluding hydrogens is 538 g/mol. The fourth-order valence-electron chi connectivity index (χ4n) is 6.52. The molecule has 2 aromatic heterocycles. The number of aliphatic imine (C=N–C) groups is 1. The van der Waals surface area contributed by atoms with Gasteiger partial charge in [-0.15, -0.1) is 0 Å². The van der Waals surface area contributed by atoms with Crippen LogP contribution < -0.4 is 5.43 Å². The van der Waals surface area contributed by atoms with Crippen molar-refractivity contribution in [3.05, 3.63) is 156 Å². The Morgan fingerprint density at radius 1 is 0.705 bits per heavy atom. The van der Waals surface area contributed by atoms with Crippen LogP contribution in [0.25, 0.3) is 44.5 Å². The number of amidine groups is 2. The molecule has 8 rings (SSSR count). The van der Waals surface area contributed by atoms with Crippen molar-refractivity contribution < 1.29 is 0 Å². The van der Waals surface area contributed by atoms with Crippen LogP contribution in [0.3, 0.4) is 0 Å². The highest BCUT2D eigenvalue weighted by atomic mass is 15.4. The van der Waals surface area contributed by atoms with Crippen LogP contribution in [0.5, 0.6) is 0 Å². The van der Waals surface area contributed by atoms with Crippen molar-refractivity contribution in [2.75, 3.05) is 5.43 Å². The molecule has 0 spiro atoms. The van der Waals surface area contributed by atoms with Crippen LogP contribution in [0.4, 0.5) is 0 Å². The molecule has 2 heterocycles. The van der Waals surface area contributed by atoms with Crippen molar-refractivity contribution >= 4 is 50.5 Å². The van der Waals surface area contributed by atoms with E-state index in [4.69, 9.17) is 10.4 Å². The quantitative estimate of drug-likeness (QED) is 0.161. The van der Waals surface area contributed by atoms with Gasteiger partial charge in [0.15, 0.2) is 11.7 Å². The average Bonchev–Trinajstić information content (AvgIpc) is 3.57. The molecule has 1 atom stereocenters. The van der Waals surface area contributed by atoms with E-state index >= 15 is 0 Å². The summed E-state index contributed by atoms with van der Waals surface area (Å²) in [6, 6.07) is 43.5. The zero-order valence-electron chi connectivity index (χ0n) is 24.4. The summed E-state index contributed by atoms with van der Waals surface area (Å²) in [7, 11) is 0. The Hall–Kier alpha value is -5.68. The van der Waals surface area contributed by atoms with Crippen molar-refractivity contribution in [2.45, 2.75) is 13.3 Å². The predicted octanol–water partition coefficient (Wildman–Crippen LogP) is 8.96. The number of para-hydroxylation sites is 2. The lowest BCUT2D eigenvalue weighted by atomic mass is 9.94. The fraction of sp³-hybridized carbons (Fsp3) is 0.0769. The monoisotopic (exact) mass is 569 g/mol. The number of hydrogen-bond donors (Lipinski definition) is 2. The maximum atomic E-state index is 8.90. The summed E-state index contributed by atoms with van der Waals surface area (Å²) >= 11 is 0. The van der Waals surface area contributed by atoms with Crippen LogP contribution in [-0.4, -0.2) is 20.9 Å². The molecule has 0 fully saturated rings. The highest BCUT2D eigenvalue weighted by Gasteiger charge is 2.25. The Bertz CT molecular complexity index is 2240. The summed E-state index contributed by atoms with van der Waals surface area (Å²) < 4.78 is 4.63. The Balaban J connectivity index is 1.45. The Labute approximate surface area is 255 Å². The second kappa shape index (κ2) is 10.5. The van der Waals surface area contributed by atoms with Crippen LogP contribution in [0, 0.1) is 11.3 Å². The van der Waals surface area contributed by atoms with Crippen molar-refractivity contribution in [1.82, 2.24) is 9.24 Å². The van der Waals surface area contributed by atoms with Crippen molar-refractivity contribution in [3.63, 3.8) is 0 Å². The molecule has 5 heteroatoms. The standard InChI is InChI=1S/C39H31N5/c1-26-21-22-31-32-23-24-33-30-19-11-12-20-34(30)44(37(33)36(32)43(35(31)25-26)29-17-9-4-10-18-29)42-39(28-15-7-3-8-16-28)41-38(40)27-13-5-2-6-14-27/h2-24,26H,25H2,1H3,(H2,40,41,42). The van der Waals surface area contributed by atoms with Crippen LogP contribution in [-0.2, 0) is 6.42 Å². The first-order chi connectivity index (χ1) is 21.7. The lowest BCUT2D eigenvalue weighted by Crippen LogP contribution is -2.25. The second-order valence-corrected chi connectivity index (χ2v) is 11.4. The van der Waals surface area contributed by atoms with Crippen LogP contribution in [0.2, 0.25) is 0 Å². The average molecular weight is 570 g/mol. The van der Waals surface area contributed by atoms with E-state index in [1.165, 1.54) is 16.6 Å². The largest absolute Gasteiger partial charge is 0.311 e. The SMILES string of the molecule is CC1C=Cc2c(n(-c3ccccc3)c3c2ccc2c4ccccc4n(N/C(=N\C(=N)c4ccccc4)c4ccccc4)c23)C1.